The number of nitrogens with zero attached hydrogens (tertiary/aromatic N) is 2. The molecule has 5 heteroatoms. The van der Waals surface area contributed by atoms with Crippen LogP contribution < -0.4 is 4.40 Å². The van der Waals surface area contributed by atoms with Crippen molar-refractivity contribution in [2.24, 2.45) is 0 Å². The van der Waals surface area contributed by atoms with Crippen molar-refractivity contribution in [2.75, 3.05) is 0 Å². The van der Waals surface area contributed by atoms with Crippen molar-refractivity contribution in [2.45, 2.75) is 30.1 Å². The summed E-state index contributed by atoms with van der Waals surface area (Å²) in [6.45, 7) is 1.94. The number of hydrogen-bond donors (Lipinski definition) is 0. The summed E-state index contributed by atoms with van der Waals surface area (Å²) in [6, 6.07) is 72.1. The van der Waals surface area contributed by atoms with Gasteiger partial charge in [0, 0.05) is 38.3 Å². The van der Waals surface area contributed by atoms with Crippen LogP contribution in [0.5, 0.6) is 0 Å². The normalized spacial score (nSPS) is 12.4. The van der Waals surface area contributed by atoms with Crippen molar-refractivity contribution in [3.05, 3.63) is 224 Å². The molecule has 10 aromatic rings. The van der Waals surface area contributed by atoms with Crippen LogP contribution in [0.3, 0.4) is 0 Å². The summed E-state index contributed by atoms with van der Waals surface area (Å²) >= 11 is 0.0211. The zero-order chi connectivity index (χ0) is 42.7. The van der Waals surface area contributed by atoms with Crippen LogP contribution in [0, 0.1) is 12.1 Å². The third-order valence-electron chi connectivity index (χ3n) is 11.2. The minimum atomic E-state index is -1.78. The molecule has 10 rings (SSSR count). The molecule has 62 heavy (non-hydrogen) atoms. The van der Waals surface area contributed by atoms with Gasteiger partial charge in [-0.2, -0.15) is 11.3 Å². The minimum Gasteiger partial charge on any atom is 0 e. The van der Waals surface area contributed by atoms with Gasteiger partial charge in [0.25, 0.3) is 0 Å². The van der Waals surface area contributed by atoms with Crippen LogP contribution in [0.1, 0.15) is 25.3 Å². The molecule has 305 valence electrons. The van der Waals surface area contributed by atoms with E-state index in [4.69, 9.17) is 1.37 Å². The van der Waals surface area contributed by atoms with Gasteiger partial charge in [-0.1, -0.05) is 115 Å². The summed E-state index contributed by atoms with van der Waals surface area (Å²) in [6.07, 6.45) is 3.86. The van der Waals surface area contributed by atoms with Gasteiger partial charge in [-0.15, -0.1) is 23.8 Å². The van der Waals surface area contributed by atoms with Gasteiger partial charge < -0.3 is 4.98 Å². The van der Waals surface area contributed by atoms with Crippen LogP contribution in [0.25, 0.3) is 76.1 Å². The standard InChI is InChI=1S/C37H26NS.C20H20GeN.Ir/c1-25(26-10-4-2-5-11-26)28-20-21-38-35(23-28)30-17-19-36-34(22-30)33-18-16-29(24-37(33)39-36)32-15-9-8-14-31(32)27-12-6-3-7-13-27;1-21(2,3)19-13-14-20(22-15-19)18-11-9-17(10-12-18)16-7-5-4-6-8-16;/h2-16,18-25H,1H3;4-11,13-15H,1-3H3;/q2*-1;/i25D;;. The molecular formula is C57H46GeIrN2S-2. The average molecular weight is 1060 g/mol. The molecule has 0 spiro atoms. The molecule has 1 atom stereocenters. The summed E-state index contributed by atoms with van der Waals surface area (Å²) in [7, 11) is 0. The number of rotatable bonds is 8. The van der Waals surface area contributed by atoms with E-state index in [0.717, 1.165) is 33.6 Å². The van der Waals surface area contributed by atoms with Gasteiger partial charge in [-0.05, 0) is 61.3 Å². The first-order valence-electron chi connectivity index (χ1n) is 21.2. The van der Waals surface area contributed by atoms with Crippen LogP contribution in [-0.4, -0.2) is 23.2 Å². The van der Waals surface area contributed by atoms with Crippen LogP contribution in [-0.2, 0) is 20.1 Å². The minimum absolute atomic E-state index is 0. The summed E-state index contributed by atoms with van der Waals surface area (Å²) < 4.78 is 13.0. The van der Waals surface area contributed by atoms with Gasteiger partial charge in [-0.25, -0.2) is 0 Å². The summed E-state index contributed by atoms with van der Waals surface area (Å²) in [5, 5.41) is 2.45. The van der Waals surface area contributed by atoms with Gasteiger partial charge in [0.15, 0.2) is 0 Å². The molecule has 0 fully saturated rings. The van der Waals surface area contributed by atoms with E-state index in [1.165, 1.54) is 57.9 Å². The summed E-state index contributed by atoms with van der Waals surface area (Å²) in [5.41, 5.74) is 13.0. The smallest absolute Gasteiger partial charge is 0 e. The Morgan fingerprint density at radius 1 is 0.516 bits per heavy atom. The summed E-state index contributed by atoms with van der Waals surface area (Å²) in [4.78, 5) is 9.30. The van der Waals surface area contributed by atoms with E-state index < -0.39 is 19.2 Å². The van der Waals surface area contributed by atoms with Gasteiger partial charge in [-0.3, -0.25) is 0 Å². The Morgan fingerprint density at radius 2 is 1.16 bits per heavy atom. The third kappa shape index (κ3) is 9.50. The number of thiophene rings is 1. The average Bonchev–Trinajstić information content (AvgIpc) is 3.70. The number of aromatic nitrogens is 2. The second-order valence-electron chi connectivity index (χ2n) is 16.3. The topological polar surface area (TPSA) is 25.8 Å². The van der Waals surface area contributed by atoms with Crippen molar-refractivity contribution in [3.63, 3.8) is 0 Å². The molecular weight excluding hydrogens is 1010 g/mol. The number of fused-ring (bicyclic) bond motifs is 3. The molecule has 0 saturated carbocycles. The van der Waals surface area contributed by atoms with Gasteiger partial charge >= 0.3 is 135 Å². The van der Waals surface area contributed by atoms with Crippen molar-refractivity contribution < 1.29 is 21.5 Å². The van der Waals surface area contributed by atoms with Crippen LogP contribution in [0.4, 0.5) is 0 Å². The second kappa shape index (κ2) is 19.1. The number of pyridine rings is 2. The SMILES string of the molecule is [2H]C(C)(c1ccccc1)c1ccnc(-c2[c-]cc3sc4cc(-c5ccccc5-c5ccccc5)ccc4c3c2)c1.[CH3][Ge]([CH3])([CH3])[c]1ccc(-c2[c-]cc(-c3ccccc3)cc2)nc1.[Ir]. The molecule has 1 unspecified atom stereocenters. The number of hydrogen-bond acceptors (Lipinski definition) is 3. The monoisotopic (exact) mass is 1060 g/mol. The van der Waals surface area contributed by atoms with E-state index in [1.54, 1.807) is 17.5 Å². The Kier molecular flexibility index (Phi) is 12.8. The van der Waals surface area contributed by atoms with Crippen molar-refractivity contribution in [1.82, 2.24) is 9.97 Å². The van der Waals surface area contributed by atoms with E-state index in [9.17, 15) is 0 Å². The predicted molar refractivity (Wildman–Crippen MR) is 263 cm³/mol. The quantitative estimate of drug-likeness (QED) is 0.112. The second-order valence-corrected chi connectivity index (χ2v) is 28.0. The van der Waals surface area contributed by atoms with Crippen molar-refractivity contribution in [3.8, 4) is 55.9 Å². The Morgan fingerprint density at radius 3 is 1.82 bits per heavy atom. The molecule has 0 bridgehead atoms. The molecule has 7 aromatic carbocycles. The first-order valence-corrected chi connectivity index (χ1v) is 28.9. The predicted octanol–water partition coefficient (Wildman–Crippen LogP) is 15.2. The van der Waals surface area contributed by atoms with Crippen molar-refractivity contribution in [1.29, 1.82) is 0 Å². The molecule has 1 radical (unpaired) electrons. The first-order chi connectivity index (χ1) is 30.1. The molecule has 0 aliphatic rings. The van der Waals surface area contributed by atoms with E-state index in [0.29, 0.717) is 0 Å². The van der Waals surface area contributed by atoms with Gasteiger partial charge in [0.2, 0.25) is 0 Å². The van der Waals surface area contributed by atoms with Crippen LogP contribution >= 0.6 is 11.3 Å². The van der Waals surface area contributed by atoms with Crippen molar-refractivity contribution >= 4 is 49.2 Å². The van der Waals surface area contributed by atoms with E-state index in [2.05, 4.69) is 173 Å². The maximum Gasteiger partial charge on any atom is 0 e. The number of benzene rings is 7. The zero-order valence-electron chi connectivity index (χ0n) is 36.2. The third-order valence-corrected chi connectivity index (χ3v) is 16.6. The Labute approximate surface area is 387 Å². The van der Waals surface area contributed by atoms with E-state index >= 15 is 0 Å². The fraction of sp³-hybridized carbons (Fsp3) is 0.0877. The fourth-order valence-electron chi connectivity index (χ4n) is 7.70. The Balaban J connectivity index is 0.000000201. The van der Waals surface area contributed by atoms with Gasteiger partial charge in [0.05, 0.1) is 0 Å². The molecule has 3 heterocycles. The Hall–Kier alpha value is -5.75. The van der Waals surface area contributed by atoms with Crippen LogP contribution in [0.2, 0.25) is 17.3 Å². The van der Waals surface area contributed by atoms with Gasteiger partial charge in [0.1, 0.15) is 0 Å². The molecule has 0 saturated heterocycles. The molecule has 0 N–H and O–H groups in total. The van der Waals surface area contributed by atoms with Crippen LogP contribution in [0.15, 0.2) is 200 Å². The molecule has 0 aliphatic carbocycles. The zero-order valence-corrected chi connectivity index (χ0v) is 40.5. The maximum atomic E-state index is 9.11. The fourth-order valence-corrected chi connectivity index (χ4v) is 11.0. The van der Waals surface area contributed by atoms with E-state index in [1.807, 2.05) is 67.7 Å². The molecule has 3 aromatic heterocycles. The van der Waals surface area contributed by atoms with E-state index in [-0.39, 0.29) is 20.1 Å². The first kappa shape index (κ1) is 41.6. The molecule has 0 aliphatic heterocycles. The maximum absolute atomic E-state index is 9.11. The molecule has 0 amide bonds. The summed E-state index contributed by atoms with van der Waals surface area (Å²) in [5.74, 6) is 6.29. The Bertz CT molecular complexity index is 3110. The largest absolute Gasteiger partial charge is 0 e. The molecule has 2 nitrogen and oxygen atoms in total.